The zero-order chi connectivity index (χ0) is 13.8. The Hall–Kier alpha value is -1.87. The first-order chi connectivity index (χ1) is 9.11. The molecule has 0 aliphatic carbocycles. The van der Waals surface area contributed by atoms with Gasteiger partial charge in [0, 0.05) is 18.8 Å². The molecule has 6 nitrogen and oxygen atoms in total. The summed E-state index contributed by atoms with van der Waals surface area (Å²) < 4.78 is 6.96. The second-order valence-electron chi connectivity index (χ2n) is 4.98. The van der Waals surface area contributed by atoms with Crippen LogP contribution in [0.3, 0.4) is 0 Å². The van der Waals surface area contributed by atoms with Gasteiger partial charge in [-0.25, -0.2) is 0 Å². The van der Waals surface area contributed by atoms with Crippen LogP contribution >= 0.6 is 0 Å². The van der Waals surface area contributed by atoms with Crippen molar-refractivity contribution in [2.45, 2.75) is 32.7 Å². The minimum Gasteiger partial charge on any atom is -0.381 e. The Labute approximate surface area is 112 Å². The number of nitrogens with one attached hydrogen (secondary N) is 1. The molecule has 1 atom stereocenters. The summed E-state index contributed by atoms with van der Waals surface area (Å²) in [6.07, 6.45) is 3.36. The van der Waals surface area contributed by atoms with E-state index in [4.69, 9.17) is 10.00 Å². The molecule has 1 unspecified atom stereocenters. The topological polar surface area (TPSA) is 79.9 Å². The third-order valence-electron chi connectivity index (χ3n) is 3.15. The van der Waals surface area contributed by atoms with Crippen LogP contribution < -0.4 is 5.32 Å². The van der Waals surface area contributed by atoms with Gasteiger partial charge < -0.3 is 10.1 Å². The Balaban J connectivity index is 2.09. The van der Waals surface area contributed by atoms with Crippen LogP contribution in [0.4, 0.5) is 5.82 Å². The number of amides is 1. The standard InChI is InChI=1S/C13H18N4O2/c1-9(2)17-7-11(6-14)12(16-17)15-13(18)10-4-3-5-19-8-10/h7,9-10H,3-5,8H2,1-2H3,(H,15,16,18). The fourth-order valence-corrected chi connectivity index (χ4v) is 2.00. The lowest BCUT2D eigenvalue weighted by Crippen LogP contribution is -2.30. The average molecular weight is 262 g/mol. The quantitative estimate of drug-likeness (QED) is 0.899. The van der Waals surface area contributed by atoms with Crippen molar-refractivity contribution in [3.05, 3.63) is 11.8 Å². The summed E-state index contributed by atoms with van der Waals surface area (Å²) in [6, 6.07) is 2.20. The van der Waals surface area contributed by atoms with E-state index in [0.717, 1.165) is 19.4 Å². The molecule has 0 aromatic carbocycles. The summed E-state index contributed by atoms with van der Waals surface area (Å²) in [6.45, 7) is 5.09. The molecule has 1 aromatic heterocycles. The van der Waals surface area contributed by atoms with Gasteiger partial charge in [0.25, 0.3) is 0 Å². The van der Waals surface area contributed by atoms with Gasteiger partial charge in [-0.05, 0) is 26.7 Å². The van der Waals surface area contributed by atoms with Crippen LogP contribution in [-0.2, 0) is 9.53 Å². The van der Waals surface area contributed by atoms with Gasteiger partial charge in [-0.1, -0.05) is 0 Å². The summed E-state index contributed by atoms with van der Waals surface area (Å²) in [4.78, 5) is 12.1. The Kier molecular flexibility index (Phi) is 4.17. The molecule has 1 fully saturated rings. The molecule has 1 aliphatic heterocycles. The summed E-state index contributed by atoms with van der Waals surface area (Å²) in [7, 11) is 0. The molecular formula is C13H18N4O2. The number of hydrogen-bond acceptors (Lipinski definition) is 4. The van der Waals surface area contributed by atoms with E-state index in [-0.39, 0.29) is 17.9 Å². The molecule has 102 valence electrons. The van der Waals surface area contributed by atoms with Gasteiger partial charge in [0.2, 0.25) is 5.91 Å². The molecule has 1 saturated heterocycles. The highest BCUT2D eigenvalue weighted by atomic mass is 16.5. The van der Waals surface area contributed by atoms with Gasteiger partial charge in [0.15, 0.2) is 5.82 Å². The highest BCUT2D eigenvalue weighted by Crippen LogP contribution is 2.19. The Morgan fingerprint density at radius 3 is 3.05 bits per heavy atom. The number of nitriles is 1. The van der Waals surface area contributed by atoms with Crippen LogP contribution in [0.25, 0.3) is 0 Å². The third-order valence-corrected chi connectivity index (χ3v) is 3.15. The lowest BCUT2D eigenvalue weighted by molar-refractivity contribution is -0.123. The van der Waals surface area contributed by atoms with E-state index in [0.29, 0.717) is 18.0 Å². The van der Waals surface area contributed by atoms with Gasteiger partial charge in [-0.2, -0.15) is 10.4 Å². The zero-order valence-electron chi connectivity index (χ0n) is 11.2. The van der Waals surface area contributed by atoms with E-state index in [1.807, 2.05) is 19.9 Å². The molecule has 1 amide bonds. The lowest BCUT2D eigenvalue weighted by atomic mass is 10.0. The smallest absolute Gasteiger partial charge is 0.231 e. The summed E-state index contributed by atoms with van der Waals surface area (Å²) >= 11 is 0. The molecule has 2 rings (SSSR count). The number of carbonyl (C=O) groups is 1. The van der Waals surface area contributed by atoms with E-state index < -0.39 is 0 Å². The van der Waals surface area contributed by atoms with Crippen molar-refractivity contribution < 1.29 is 9.53 Å². The van der Waals surface area contributed by atoms with Crippen LogP contribution in [0.5, 0.6) is 0 Å². The van der Waals surface area contributed by atoms with Gasteiger partial charge in [0.05, 0.1) is 12.5 Å². The first-order valence-corrected chi connectivity index (χ1v) is 6.49. The predicted octanol–water partition coefficient (Wildman–Crippen LogP) is 1.70. The largest absolute Gasteiger partial charge is 0.381 e. The minimum absolute atomic E-state index is 0.120. The summed E-state index contributed by atoms with van der Waals surface area (Å²) in [5.41, 5.74) is 0.388. The maximum atomic E-state index is 12.1. The fraction of sp³-hybridized carbons (Fsp3) is 0.615. The van der Waals surface area contributed by atoms with Crippen molar-refractivity contribution in [1.29, 1.82) is 5.26 Å². The van der Waals surface area contributed by atoms with E-state index in [2.05, 4.69) is 10.4 Å². The molecule has 0 radical (unpaired) electrons. The van der Waals surface area contributed by atoms with Crippen LogP contribution in [-0.4, -0.2) is 28.9 Å². The van der Waals surface area contributed by atoms with Crippen LogP contribution in [0.15, 0.2) is 6.20 Å². The van der Waals surface area contributed by atoms with Crippen molar-refractivity contribution in [2.24, 2.45) is 5.92 Å². The van der Waals surface area contributed by atoms with E-state index in [9.17, 15) is 4.79 Å². The van der Waals surface area contributed by atoms with Crippen LogP contribution in [0.1, 0.15) is 38.3 Å². The second kappa shape index (κ2) is 5.85. The number of carbonyl (C=O) groups excluding carboxylic acids is 1. The van der Waals surface area contributed by atoms with Gasteiger partial charge in [0.1, 0.15) is 11.6 Å². The fourth-order valence-electron chi connectivity index (χ4n) is 2.00. The SMILES string of the molecule is CC(C)n1cc(C#N)c(NC(=O)C2CCCOC2)n1. The van der Waals surface area contributed by atoms with Crippen LogP contribution in [0, 0.1) is 17.2 Å². The van der Waals surface area contributed by atoms with Crippen LogP contribution in [0.2, 0.25) is 0 Å². The van der Waals surface area contributed by atoms with Crippen molar-refractivity contribution >= 4 is 11.7 Å². The minimum atomic E-state index is -0.149. The van der Waals surface area contributed by atoms with E-state index in [1.54, 1.807) is 10.9 Å². The molecule has 1 aliphatic rings. The zero-order valence-corrected chi connectivity index (χ0v) is 11.2. The van der Waals surface area contributed by atoms with E-state index in [1.165, 1.54) is 0 Å². The number of hydrogen-bond donors (Lipinski definition) is 1. The molecule has 2 heterocycles. The van der Waals surface area contributed by atoms with Gasteiger partial charge in [-0.3, -0.25) is 9.48 Å². The van der Waals surface area contributed by atoms with Crippen molar-refractivity contribution in [2.75, 3.05) is 18.5 Å². The highest BCUT2D eigenvalue weighted by Gasteiger charge is 2.23. The molecule has 6 heteroatoms. The number of rotatable bonds is 3. The monoisotopic (exact) mass is 262 g/mol. The Morgan fingerprint density at radius 1 is 1.68 bits per heavy atom. The Bertz CT molecular complexity index is 495. The molecular weight excluding hydrogens is 244 g/mol. The number of anilines is 1. The summed E-state index contributed by atoms with van der Waals surface area (Å²) in [5.74, 6) is 0.0708. The number of ether oxygens (including phenoxy) is 1. The molecule has 0 saturated carbocycles. The molecule has 1 aromatic rings. The first kappa shape index (κ1) is 13.6. The Morgan fingerprint density at radius 2 is 2.47 bits per heavy atom. The summed E-state index contributed by atoms with van der Waals surface area (Å²) in [5, 5.41) is 16.0. The maximum absolute atomic E-state index is 12.1. The molecule has 19 heavy (non-hydrogen) atoms. The van der Waals surface area contributed by atoms with E-state index >= 15 is 0 Å². The average Bonchev–Trinajstić information content (AvgIpc) is 2.83. The normalized spacial score (nSPS) is 19.2. The third kappa shape index (κ3) is 3.12. The van der Waals surface area contributed by atoms with Gasteiger partial charge in [-0.15, -0.1) is 0 Å². The lowest BCUT2D eigenvalue weighted by Gasteiger charge is -2.20. The predicted molar refractivity (Wildman–Crippen MR) is 69.5 cm³/mol. The van der Waals surface area contributed by atoms with Crippen molar-refractivity contribution in [3.8, 4) is 6.07 Å². The van der Waals surface area contributed by atoms with Crippen molar-refractivity contribution in [1.82, 2.24) is 9.78 Å². The number of aromatic nitrogens is 2. The first-order valence-electron chi connectivity index (χ1n) is 6.49. The van der Waals surface area contributed by atoms with Gasteiger partial charge >= 0.3 is 0 Å². The molecule has 1 N–H and O–H groups in total. The molecule has 0 bridgehead atoms. The highest BCUT2D eigenvalue weighted by molar-refractivity contribution is 5.92. The molecule has 0 spiro atoms. The van der Waals surface area contributed by atoms with Crippen molar-refractivity contribution in [3.63, 3.8) is 0 Å². The second-order valence-corrected chi connectivity index (χ2v) is 4.98. The maximum Gasteiger partial charge on any atom is 0.231 e. The number of nitrogens with zero attached hydrogens (tertiary/aromatic N) is 3.